The average Bonchev–Trinajstić information content (AvgIpc) is 3.41. The molecule has 0 N–H and O–H groups in total. The molecule has 0 amide bonds. The summed E-state index contributed by atoms with van der Waals surface area (Å²) < 4.78 is 0. The lowest BCUT2D eigenvalue weighted by Crippen LogP contribution is -2.35. The molecule has 0 radical (unpaired) electrons. The Balaban J connectivity index is 0.972. The number of anilines is 1. The Morgan fingerprint density at radius 2 is 1.01 bits per heavy atom. The van der Waals surface area contributed by atoms with Gasteiger partial charge < -0.3 is 4.90 Å². The fourth-order valence-corrected chi connectivity index (χ4v) is 10.5. The second-order valence-corrected chi connectivity index (χ2v) is 18.0. The number of para-hydroxylation sites is 2. The maximum atomic E-state index is 5.46. The predicted molar refractivity (Wildman–Crippen MR) is 297 cm³/mol. The van der Waals surface area contributed by atoms with Crippen LogP contribution in [0.3, 0.4) is 0 Å². The first-order chi connectivity index (χ1) is 34.0. The highest BCUT2D eigenvalue weighted by Gasteiger charge is 2.25. The fraction of sp³-hybridized carbons (Fsp3) is 0.0606. The Bertz CT molecular complexity index is 4010. The van der Waals surface area contributed by atoms with Crippen molar-refractivity contribution in [1.29, 1.82) is 0 Å². The van der Waals surface area contributed by atoms with Crippen LogP contribution < -0.4 is 15.3 Å². The summed E-state index contributed by atoms with van der Waals surface area (Å²) in [6.07, 6.45) is 5.41. The van der Waals surface area contributed by atoms with Crippen molar-refractivity contribution in [1.82, 2.24) is 0 Å². The van der Waals surface area contributed by atoms with Gasteiger partial charge in [0, 0.05) is 5.56 Å². The zero-order valence-electron chi connectivity index (χ0n) is 38.8. The molecule has 3 heteroatoms. The van der Waals surface area contributed by atoms with Crippen LogP contribution in [0.5, 0.6) is 0 Å². The summed E-state index contributed by atoms with van der Waals surface area (Å²) in [6, 6.07) is 77.8. The number of amidine groups is 1. The van der Waals surface area contributed by atoms with E-state index in [-0.39, 0.29) is 0 Å². The third kappa shape index (κ3) is 7.50. The van der Waals surface area contributed by atoms with Gasteiger partial charge in [0.05, 0.1) is 23.6 Å². The number of rotatable bonds is 8. The van der Waals surface area contributed by atoms with Gasteiger partial charge in [-0.2, -0.15) is 0 Å². The lowest BCUT2D eigenvalue weighted by atomic mass is 9.84. The Labute approximate surface area is 403 Å². The van der Waals surface area contributed by atoms with Gasteiger partial charge in [-0.05, 0) is 166 Å². The quantitative estimate of drug-likeness (QED) is 0.110. The van der Waals surface area contributed by atoms with Gasteiger partial charge in [0.1, 0.15) is 5.84 Å². The molecule has 0 aliphatic carbocycles. The summed E-state index contributed by atoms with van der Waals surface area (Å²) in [5, 5.41) is 12.4. The molecule has 0 unspecified atom stereocenters. The number of fused-ring (bicyclic) bond motifs is 5. The summed E-state index contributed by atoms with van der Waals surface area (Å²) in [5.74, 6) is 0.899. The van der Waals surface area contributed by atoms with Crippen LogP contribution in [-0.2, 0) is 6.54 Å². The molecule has 1 heterocycles. The molecular formula is C66H49N3. The van der Waals surface area contributed by atoms with Gasteiger partial charge in [-0.1, -0.05) is 189 Å². The smallest absolute Gasteiger partial charge is 0.141 e. The van der Waals surface area contributed by atoms with Crippen molar-refractivity contribution >= 4 is 84.9 Å². The second kappa shape index (κ2) is 17.5. The number of nitrogens with zero attached hydrogens (tertiary/aromatic N) is 3. The highest BCUT2D eigenvalue weighted by molar-refractivity contribution is 6.22. The van der Waals surface area contributed by atoms with E-state index in [2.05, 4.69) is 243 Å². The first-order valence-electron chi connectivity index (χ1n) is 23.9. The molecule has 0 saturated heterocycles. The largest absolute Gasteiger partial charge is 0.319 e. The van der Waals surface area contributed by atoms with Gasteiger partial charge in [0.25, 0.3) is 0 Å². The van der Waals surface area contributed by atoms with Gasteiger partial charge in [-0.3, -0.25) is 4.99 Å². The van der Waals surface area contributed by atoms with E-state index in [0.717, 1.165) is 51.6 Å². The van der Waals surface area contributed by atoms with E-state index in [1.165, 1.54) is 86.9 Å². The van der Waals surface area contributed by atoms with Gasteiger partial charge >= 0.3 is 0 Å². The molecule has 11 aromatic carbocycles. The van der Waals surface area contributed by atoms with Crippen LogP contribution in [0, 0.1) is 0 Å². The molecule has 12 rings (SSSR count). The Hall–Kier alpha value is -8.66. The van der Waals surface area contributed by atoms with Gasteiger partial charge in [-0.25, -0.2) is 4.99 Å². The zero-order valence-corrected chi connectivity index (χ0v) is 38.8. The molecule has 1 aliphatic rings. The fourth-order valence-electron chi connectivity index (χ4n) is 10.5. The molecule has 0 atom stereocenters. The summed E-state index contributed by atoms with van der Waals surface area (Å²) in [5.41, 5.74) is 14.6. The van der Waals surface area contributed by atoms with Crippen molar-refractivity contribution in [3.63, 3.8) is 0 Å². The summed E-state index contributed by atoms with van der Waals surface area (Å²) in [4.78, 5) is 12.1. The van der Waals surface area contributed by atoms with E-state index >= 15 is 0 Å². The molecule has 0 saturated carbocycles. The van der Waals surface area contributed by atoms with Crippen LogP contribution >= 0.6 is 0 Å². The molecule has 69 heavy (non-hydrogen) atoms. The first kappa shape index (κ1) is 41.7. The van der Waals surface area contributed by atoms with Crippen molar-refractivity contribution in [2.24, 2.45) is 9.98 Å². The standard InChI is InChI=1S/C66H49N3/c1-4-14-48-39-55(33-23-43(48)5-2)66-68-62-41-52(30-34-56(62)42-69(66)63-22-13-12-21-61(63)67-3)47-26-24-46(25-27-47)51-35-36-59-60(40-51)65(54-32-29-45-16-7-9-18-50(45)38-54)58-20-11-10-19-57(58)64(59)53-31-28-44-15-6-8-17-49(44)37-53/h5-41H,3-4,42H2,1-2H3/b43-5-,48-14-. The van der Waals surface area contributed by atoms with Crippen molar-refractivity contribution in [3.05, 3.63) is 234 Å². The van der Waals surface area contributed by atoms with E-state index in [9.17, 15) is 0 Å². The third-order valence-corrected chi connectivity index (χ3v) is 14.0. The average molecular weight is 884 g/mol. The normalized spacial score (nSPS) is 13.1. The van der Waals surface area contributed by atoms with Gasteiger partial charge in [0.15, 0.2) is 0 Å². The van der Waals surface area contributed by atoms with Crippen molar-refractivity contribution < 1.29 is 0 Å². The minimum Gasteiger partial charge on any atom is -0.319 e. The Morgan fingerprint density at radius 3 is 1.67 bits per heavy atom. The number of hydrogen-bond acceptors (Lipinski definition) is 3. The second-order valence-electron chi connectivity index (χ2n) is 18.0. The topological polar surface area (TPSA) is 28.0 Å². The van der Waals surface area contributed by atoms with E-state index in [0.29, 0.717) is 6.54 Å². The van der Waals surface area contributed by atoms with Crippen LogP contribution in [0.25, 0.3) is 99.7 Å². The minimum atomic E-state index is 0.662. The summed E-state index contributed by atoms with van der Waals surface area (Å²) in [6.45, 7) is 8.85. The molecular weight excluding hydrogens is 835 g/mol. The van der Waals surface area contributed by atoms with Crippen LogP contribution in [-0.4, -0.2) is 12.6 Å². The molecule has 1 aliphatic heterocycles. The van der Waals surface area contributed by atoms with Crippen molar-refractivity contribution in [2.75, 3.05) is 4.90 Å². The van der Waals surface area contributed by atoms with Crippen LogP contribution in [0.4, 0.5) is 17.1 Å². The maximum Gasteiger partial charge on any atom is 0.141 e. The number of hydrogen-bond donors (Lipinski definition) is 0. The van der Waals surface area contributed by atoms with Crippen molar-refractivity contribution in [2.45, 2.75) is 26.8 Å². The summed E-state index contributed by atoms with van der Waals surface area (Å²) >= 11 is 0. The van der Waals surface area contributed by atoms with E-state index in [1.807, 2.05) is 12.1 Å². The van der Waals surface area contributed by atoms with E-state index in [4.69, 9.17) is 4.99 Å². The molecule has 0 aromatic heterocycles. The first-order valence-corrected chi connectivity index (χ1v) is 23.9. The van der Waals surface area contributed by atoms with Crippen LogP contribution in [0.15, 0.2) is 222 Å². The van der Waals surface area contributed by atoms with Gasteiger partial charge in [0.2, 0.25) is 0 Å². The molecule has 3 nitrogen and oxygen atoms in total. The summed E-state index contributed by atoms with van der Waals surface area (Å²) in [7, 11) is 0. The molecule has 0 fully saturated rings. The lowest BCUT2D eigenvalue weighted by Gasteiger charge is -2.32. The highest BCUT2D eigenvalue weighted by atomic mass is 15.2. The Morgan fingerprint density at radius 1 is 0.478 bits per heavy atom. The van der Waals surface area contributed by atoms with Gasteiger partial charge in [-0.15, -0.1) is 0 Å². The molecule has 0 spiro atoms. The monoisotopic (exact) mass is 883 g/mol. The highest BCUT2D eigenvalue weighted by Crippen LogP contribution is 2.46. The molecule has 0 bridgehead atoms. The molecule has 11 aromatic rings. The third-order valence-electron chi connectivity index (χ3n) is 14.0. The van der Waals surface area contributed by atoms with E-state index < -0.39 is 0 Å². The SMILES string of the molecule is C=Nc1ccccc1N1Cc2ccc(-c3ccc(-c4ccc5c(-c6ccc7ccccc7c6)c6ccccc6c(-c6ccc7ccccc7c6)c5c4)cc3)cc2N=C1c1ccc(=C/C)/c(=C\CC)c1. The van der Waals surface area contributed by atoms with Crippen LogP contribution in [0.1, 0.15) is 31.4 Å². The zero-order chi connectivity index (χ0) is 46.4. The number of aliphatic imine (C=N–C) groups is 2. The Kier molecular flexibility index (Phi) is 10.6. The van der Waals surface area contributed by atoms with E-state index in [1.54, 1.807) is 0 Å². The lowest BCUT2D eigenvalue weighted by molar-refractivity contribution is 0.977. The minimum absolute atomic E-state index is 0.662. The van der Waals surface area contributed by atoms with Crippen LogP contribution in [0.2, 0.25) is 0 Å². The predicted octanol–water partition coefficient (Wildman–Crippen LogP) is 16.4. The maximum absolute atomic E-state index is 5.46. The number of benzene rings is 11. The molecule has 328 valence electrons. The van der Waals surface area contributed by atoms with Crippen molar-refractivity contribution in [3.8, 4) is 44.5 Å².